The topological polar surface area (TPSA) is 66.5 Å². The maximum Gasteiger partial charge on any atom is 0.255 e. The first-order valence-electron chi connectivity index (χ1n) is 8.05. The molecule has 0 aliphatic carbocycles. The minimum atomic E-state index is -3.57. The normalized spacial score (nSPS) is 15.7. The van der Waals surface area contributed by atoms with Gasteiger partial charge in [0.25, 0.3) is 5.91 Å². The molecule has 0 unspecified atom stereocenters. The third-order valence-electron chi connectivity index (χ3n) is 4.06. The van der Waals surface area contributed by atoms with Crippen molar-refractivity contribution in [3.05, 3.63) is 59.1 Å². The summed E-state index contributed by atoms with van der Waals surface area (Å²) in [7, 11) is -3.57. The van der Waals surface area contributed by atoms with Crippen molar-refractivity contribution < 1.29 is 13.2 Å². The smallest absolute Gasteiger partial charge is 0.255 e. The molecule has 0 bridgehead atoms. The average Bonchev–Trinajstić information content (AvgIpc) is 2.62. The Morgan fingerprint density at radius 1 is 1.12 bits per heavy atom. The number of anilines is 1. The lowest BCUT2D eigenvalue weighted by Crippen LogP contribution is -2.35. The van der Waals surface area contributed by atoms with E-state index in [1.165, 1.54) is 16.4 Å². The first-order chi connectivity index (χ1) is 12.0. The molecule has 0 saturated carbocycles. The Hall–Kier alpha value is -1.89. The molecule has 1 fully saturated rings. The van der Waals surface area contributed by atoms with Crippen molar-refractivity contribution in [2.75, 3.05) is 18.4 Å². The van der Waals surface area contributed by atoms with Gasteiger partial charge in [-0.3, -0.25) is 4.79 Å². The zero-order valence-electron chi connectivity index (χ0n) is 13.5. The minimum absolute atomic E-state index is 0.136. The van der Waals surface area contributed by atoms with Crippen LogP contribution in [0.5, 0.6) is 0 Å². The number of hydrogen-bond donors (Lipinski definition) is 1. The quantitative estimate of drug-likeness (QED) is 0.885. The van der Waals surface area contributed by atoms with E-state index in [2.05, 4.69) is 11.4 Å². The van der Waals surface area contributed by atoms with Crippen LogP contribution in [0.2, 0.25) is 5.02 Å². The van der Waals surface area contributed by atoms with Crippen LogP contribution < -0.4 is 5.32 Å². The first-order valence-corrected chi connectivity index (χ1v) is 9.87. The fourth-order valence-electron chi connectivity index (χ4n) is 2.76. The number of piperidine rings is 1. The summed E-state index contributed by atoms with van der Waals surface area (Å²) in [5, 5.41) is 3.15. The molecule has 1 radical (unpaired) electrons. The fraction of sp³-hybridized carbons (Fsp3) is 0.278. The van der Waals surface area contributed by atoms with E-state index in [9.17, 15) is 13.2 Å². The van der Waals surface area contributed by atoms with Crippen molar-refractivity contribution in [3.8, 4) is 0 Å². The average molecular weight is 378 g/mol. The number of sulfonamides is 1. The number of hydrogen-bond acceptors (Lipinski definition) is 3. The minimum Gasteiger partial charge on any atom is -0.321 e. The standard InChI is InChI=1S/C18H18ClN2O3S/c19-15-7-5-8-16(13-15)20-18(22)14-6-4-9-17(12-14)25(23,24)21-10-2-1-3-11-21/h4-7,9,12-13H,1-3,10-11H2,(H,20,22). The summed E-state index contributed by atoms with van der Waals surface area (Å²) < 4.78 is 27.0. The number of amides is 1. The van der Waals surface area contributed by atoms with Crippen molar-refractivity contribution in [3.63, 3.8) is 0 Å². The molecule has 1 heterocycles. The lowest BCUT2D eigenvalue weighted by molar-refractivity contribution is 0.102. The van der Waals surface area contributed by atoms with Gasteiger partial charge in [0.15, 0.2) is 0 Å². The molecule has 131 valence electrons. The lowest BCUT2D eigenvalue weighted by Gasteiger charge is -2.26. The van der Waals surface area contributed by atoms with Crippen LogP contribution in [0, 0.1) is 6.07 Å². The predicted molar refractivity (Wildman–Crippen MR) is 97.3 cm³/mol. The lowest BCUT2D eigenvalue weighted by atomic mass is 10.2. The van der Waals surface area contributed by atoms with Crippen LogP contribution in [-0.4, -0.2) is 31.7 Å². The van der Waals surface area contributed by atoms with E-state index < -0.39 is 15.9 Å². The zero-order valence-corrected chi connectivity index (χ0v) is 15.1. The van der Waals surface area contributed by atoms with Crippen molar-refractivity contribution in [2.45, 2.75) is 24.2 Å². The highest BCUT2D eigenvalue weighted by Gasteiger charge is 2.26. The molecular formula is C18H18ClN2O3S. The van der Waals surface area contributed by atoms with Crippen LogP contribution in [0.3, 0.4) is 0 Å². The monoisotopic (exact) mass is 377 g/mol. The third-order valence-corrected chi connectivity index (χ3v) is 6.19. The maximum absolute atomic E-state index is 12.7. The molecule has 1 saturated heterocycles. The SMILES string of the molecule is O=C(Nc1[c]ccc(Cl)c1)c1cccc(S(=O)(=O)N2CCCCC2)c1. The molecule has 25 heavy (non-hydrogen) atoms. The molecule has 1 amide bonds. The molecule has 1 aliphatic rings. The van der Waals surface area contributed by atoms with Crippen LogP contribution in [0.15, 0.2) is 47.4 Å². The highest BCUT2D eigenvalue weighted by Crippen LogP contribution is 2.22. The largest absolute Gasteiger partial charge is 0.321 e. The summed E-state index contributed by atoms with van der Waals surface area (Å²) >= 11 is 5.89. The van der Waals surface area contributed by atoms with Crippen LogP contribution >= 0.6 is 11.6 Å². The molecule has 0 spiro atoms. The third kappa shape index (κ3) is 4.21. The van der Waals surface area contributed by atoms with Gasteiger partial charge in [0, 0.05) is 29.7 Å². The van der Waals surface area contributed by atoms with Gasteiger partial charge in [-0.05, 0) is 43.2 Å². The van der Waals surface area contributed by atoms with Crippen LogP contribution in [0.1, 0.15) is 29.6 Å². The Kier molecular flexibility index (Phi) is 5.42. The fourth-order valence-corrected chi connectivity index (χ4v) is 4.49. The van der Waals surface area contributed by atoms with E-state index in [1.54, 1.807) is 30.3 Å². The number of rotatable bonds is 4. The molecule has 3 rings (SSSR count). The summed E-state index contributed by atoms with van der Waals surface area (Å²) in [6.45, 7) is 1.05. The van der Waals surface area contributed by atoms with Crippen molar-refractivity contribution in [2.24, 2.45) is 0 Å². The summed E-state index contributed by atoms with van der Waals surface area (Å²) in [5.41, 5.74) is 0.702. The molecule has 7 heteroatoms. The molecular weight excluding hydrogens is 360 g/mol. The van der Waals surface area contributed by atoms with Crippen molar-refractivity contribution in [1.29, 1.82) is 0 Å². The predicted octanol–water partition coefficient (Wildman–Crippen LogP) is 3.57. The summed E-state index contributed by atoms with van der Waals surface area (Å²) in [6, 6.07) is 13.8. The van der Waals surface area contributed by atoms with Gasteiger partial charge in [0.1, 0.15) is 0 Å². The van der Waals surface area contributed by atoms with E-state index >= 15 is 0 Å². The van der Waals surface area contributed by atoms with E-state index in [0.717, 1.165) is 19.3 Å². The van der Waals surface area contributed by atoms with Crippen LogP contribution in [-0.2, 0) is 10.0 Å². The second kappa shape index (κ2) is 7.56. The molecule has 2 aromatic carbocycles. The van der Waals surface area contributed by atoms with Crippen LogP contribution in [0.4, 0.5) is 5.69 Å². The number of nitrogens with zero attached hydrogens (tertiary/aromatic N) is 1. The summed E-state index contributed by atoms with van der Waals surface area (Å²) in [4.78, 5) is 12.5. The van der Waals surface area contributed by atoms with Gasteiger partial charge in [0.2, 0.25) is 10.0 Å². The van der Waals surface area contributed by atoms with E-state index in [1.807, 2.05) is 0 Å². The van der Waals surface area contributed by atoms with E-state index in [0.29, 0.717) is 23.8 Å². The Morgan fingerprint density at radius 3 is 2.60 bits per heavy atom. The number of benzene rings is 2. The van der Waals surface area contributed by atoms with Gasteiger partial charge in [-0.15, -0.1) is 0 Å². The molecule has 0 aromatic heterocycles. The first kappa shape index (κ1) is 17.9. The van der Waals surface area contributed by atoms with Gasteiger partial charge < -0.3 is 5.32 Å². The van der Waals surface area contributed by atoms with Gasteiger partial charge in [-0.2, -0.15) is 4.31 Å². The van der Waals surface area contributed by atoms with Crippen molar-refractivity contribution >= 4 is 33.2 Å². The van der Waals surface area contributed by atoms with E-state index in [-0.39, 0.29) is 10.5 Å². The molecule has 5 nitrogen and oxygen atoms in total. The summed E-state index contributed by atoms with van der Waals surface area (Å²) in [6.07, 6.45) is 2.78. The van der Waals surface area contributed by atoms with Gasteiger partial charge >= 0.3 is 0 Å². The summed E-state index contributed by atoms with van der Waals surface area (Å²) in [5.74, 6) is -0.408. The second-order valence-corrected chi connectivity index (χ2v) is 8.24. The molecule has 0 atom stereocenters. The Balaban J connectivity index is 1.82. The second-order valence-electron chi connectivity index (χ2n) is 5.87. The number of nitrogens with one attached hydrogen (secondary N) is 1. The Morgan fingerprint density at radius 2 is 1.88 bits per heavy atom. The van der Waals surface area contributed by atoms with Gasteiger partial charge in [-0.1, -0.05) is 30.2 Å². The van der Waals surface area contributed by atoms with Crippen LogP contribution in [0.25, 0.3) is 0 Å². The maximum atomic E-state index is 12.7. The Labute approximate surface area is 152 Å². The van der Waals surface area contributed by atoms with E-state index in [4.69, 9.17) is 11.6 Å². The number of carbonyl (C=O) groups excluding carboxylic acids is 1. The Bertz CT molecular complexity index is 877. The highest BCUT2D eigenvalue weighted by molar-refractivity contribution is 7.89. The highest BCUT2D eigenvalue weighted by atomic mass is 35.5. The van der Waals surface area contributed by atoms with Gasteiger partial charge in [-0.25, -0.2) is 8.42 Å². The van der Waals surface area contributed by atoms with Crippen molar-refractivity contribution in [1.82, 2.24) is 4.31 Å². The molecule has 1 N–H and O–H groups in total. The molecule has 2 aromatic rings. The van der Waals surface area contributed by atoms with Gasteiger partial charge in [0.05, 0.1) is 10.6 Å². The zero-order chi connectivity index (χ0) is 17.9. The molecule has 1 aliphatic heterocycles. The number of halogens is 1. The number of carbonyl (C=O) groups is 1.